The first kappa shape index (κ1) is 19.2. The fraction of sp³-hybridized carbons (Fsp3) is 0.368. The minimum atomic E-state index is -4.32. The molecule has 0 amide bonds. The summed E-state index contributed by atoms with van der Waals surface area (Å²) in [5.41, 5.74) is 0.207. The number of halogens is 3. The largest absolute Gasteiger partial charge is 0.459 e. The van der Waals surface area contributed by atoms with E-state index in [1.54, 1.807) is 12.1 Å². The van der Waals surface area contributed by atoms with Crippen LogP contribution in [-0.2, 0) is 19.1 Å². The molecule has 0 aliphatic carbocycles. The van der Waals surface area contributed by atoms with Crippen LogP contribution >= 0.6 is 0 Å². The first-order valence-electron chi connectivity index (χ1n) is 8.63. The maximum atomic E-state index is 12.7. The number of aromatic nitrogens is 2. The molecular weight excluding hydrogens is 359 g/mol. The number of rotatable bonds is 7. The van der Waals surface area contributed by atoms with E-state index in [-0.39, 0.29) is 6.04 Å². The van der Waals surface area contributed by atoms with Crippen molar-refractivity contribution in [2.75, 3.05) is 6.54 Å². The van der Waals surface area contributed by atoms with Gasteiger partial charge in [-0.3, -0.25) is 4.90 Å². The Labute approximate surface area is 154 Å². The highest BCUT2D eigenvalue weighted by molar-refractivity contribution is 5.42. The average Bonchev–Trinajstić information content (AvgIpc) is 3.30. The summed E-state index contributed by atoms with van der Waals surface area (Å²) in [6.45, 7) is 5.21. The van der Waals surface area contributed by atoms with E-state index >= 15 is 0 Å². The van der Waals surface area contributed by atoms with E-state index in [1.807, 2.05) is 13.8 Å². The molecule has 0 spiro atoms. The maximum absolute atomic E-state index is 12.7. The lowest BCUT2D eigenvalue weighted by Gasteiger charge is -2.26. The van der Waals surface area contributed by atoms with Gasteiger partial charge in [-0.25, -0.2) is 0 Å². The molecule has 3 rings (SSSR count). The Bertz CT molecular complexity index is 842. The number of alkyl halides is 3. The van der Waals surface area contributed by atoms with Crippen LogP contribution in [-0.4, -0.2) is 27.7 Å². The standard InChI is InChI=1S/C19H20F3N3O2/c1-3-25(12-17-23-24-18(27-17)16-5-4-10-26-16)13(2)11-14-6-8-15(9-7-14)19(20,21)22/h4-10,13H,3,11-12H2,1-2H3. The highest BCUT2D eigenvalue weighted by atomic mass is 19.4. The number of hydrogen-bond donors (Lipinski definition) is 0. The Hall–Kier alpha value is -2.61. The van der Waals surface area contributed by atoms with E-state index in [0.717, 1.165) is 24.2 Å². The van der Waals surface area contributed by atoms with Crippen molar-refractivity contribution < 1.29 is 22.0 Å². The molecule has 144 valence electrons. The van der Waals surface area contributed by atoms with Crippen molar-refractivity contribution in [2.24, 2.45) is 0 Å². The minimum Gasteiger partial charge on any atom is -0.459 e. The second-order valence-electron chi connectivity index (χ2n) is 6.29. The highest BCUT2D eigenvalue weighted by Gasteiger charge is 2.30. The molecule has 27 heavy (non-hydrogen) atoms. The maximum Gasteiger partial charge on any atom is 0.416 e. The molecule has 1 aromatic carbocycles. The van der Waals surface area contributed by atoms with Gasteiger partial charge >= 0.3 is 6.18 Å². The molecule has 3 aromatic rings. The zero-order valence-corrected chi connectivity index (χ0v) is 15.0. The van der Waals surface area contributed by atoms with Crippen LogP contribution in [0.4, 0.5) is 13.2 Å². The predicted octanol–water partition coefficient (Wildman–Crippen LogP) is 4.80. The fourth-order valence-electron chi connectivity index (χ4n) is 2.87. The molecule has 0 saturated carbocycles. The van der Waals surface area contributed by atoms with E-state index < -0.39 is 11.7 Å². The van der Waals surface area contributed by atoms with Crippen molar-refractivity contribution >= 4 is 0 Å². The molecule has 0 fully saturated rings. The van der Waals surface area contributed by atoms with Gasteiger partial charge < -0.3 is 8.83 Å². The van der Waals surface area contributed by atoms with Crippen LogP contribution in [0.2, 0.25) is 0 Å². The summed E-state index contributed by atoms with van der Waals surface area (Å²) in [6.07, 6.45) is -2.17. The number of hydrogen-bond acceptors (Lipinski definition) is 5. The van der Waals surface area contributed by atoms with E-state index in [4.69, 9.17) is 8.83 Å². The summed E-state index contributed by atoms with van der Waals surface area (Å²) >= 11 is 0. The van der Waals surface area contributed by atoms with Crippen molar-refractivity contribution in [2.45, 2.75) is 39.0 Å². The van der Waals surface area contributed by atoms with Gasteiger partial charge in [0.15, 0.2) is 5.76 Å². The van der Waals surface area contributed by atoms with E-state index in [9.17, 15) is 13.2 Å². The molecule has 0 aliphatic rings. The monoisotopic (exact) mass is 379 g/mol. The Kier molecular flexibility index (Phi) is 5.65. The van der Waals surface area contributed by atoms with Gasteiger partial charge in [0.1, 0.15) is 0 Å². The SMILES string of the molecule is CCN(Cc1nnc(-c2ccco2)o1)C(C)Cc1ccc(C(F)(F)F)cc1. The summed E-state index contributed by atoms with van der Waals surface area (Å²) in [6, 6.07) is 8.85. The molecule has 0 radical (unpaired) electrons. The van der Waals surface area contributed by atoms with Crippen molar-refractivity contribution in [1.82, 2.24) is 15.1 Å². The van der Waals surface area contributed by atoms with Crippen molar-refractivity contribution in [3.63, 3.8) is 0 Å². The fourth-order valence-corrected chi connectivity index (χ4v) is 2.87. The van der Waals surface area contributed by atoms with Gasteiger partial charge in [0.05, 0.1) is 18.4 Å². The highest BCUT2D eigenvalue weighted by Crippen LogP contribution is 2.29. The number of benzene rings is 1. The number of furan rings is 1. The second-order valence-corrected chi connectivity index (χ2v) is 6.29. The Morgan fingerprint density at radius 2 is 1.85 bits per heavy atom. The first-order chi connectivity index (χ1) is 12.9. The van der Waals surface area contributed by atoms with Gasteiger partial charge in [0.25, 0.3) is 5.89 Å². The van der Waals surface area contributed by atoms with Crippen molar-refractivity contribution in [3.8, 4) is 11.7 Å². The number of likely N-dealkylation sites (N-methyl/N-ethyl adjacent to an activating group) is 1. The van der Waals surface area contributed by atoms with E-state index in [0.29, 0.717) is 30.5 Å². The third-order valence-electron chi connectivity index (χ3n) is 4.38. The van der Waals surface area contributed by atoms with E-state index in [2.05, 4.69) is 15.1 Å². The lowest BCUT2D eigenvalue weighted by atomic mass is 10.0. The molecule has 1 unspecified atom stereocenters. The molecule has 2 heterocycles. The lowest BCUT2D eigenvalue weighted by molar-refractivity contribution is -0.137. The smallest absolute Gasteiger partial charge is 0.416 e. The van der Waals surface area contributed by atoms with Crippen LogP contribution in [0.1, 0.15) is 30.9 Å². The lowest BCUT2D eigenvalue weighted by Crippen LogP contribution is -2.34. The predicted molar refractivity (Wildman–Crippen MR) is 92.7 cm³/mol. The molecule has 8 heteroatoms. The van der Waals surface area contributed by atoms with Crippen LogP contribution in [0.15, 0.2) is 51.5 Å². The van der Waals surface area contributed by atoms with Crippen LogP contribution in [0.25, 0.3) is 11.7 Å². The zero-order valence-electron chi connectivity index (χ0n) is 15.0. The van der Waals surface area contributed by atoms with Crippen molar-refractivity contribution in [1.29, 1.82) is 0 Å². The topological polar surface area (TPSA) is 55.3 Å². The van der Waals surface area contributed by atoms with Crippen LogP contribution in [0.3, 0.4) is 0 Å². The van der Waals surface area contributed by atoms with Gasteiger partial charge in [0, 0.05) is 6.04 Å². The quantitative estimate of drug-likeness (QED) is 0.590. The van der Waals surface area contributed by atoms with E-state index in [1.165, 1.54) is 18.4 Å². The summed E-state index contributed by atoms with van der Waals surface area (Å²) in [5.74, 6) is 1.29. The van der Waals surface area contributed by atoms with Crippen LogP contribution in [0, 0.1) is 0 Å². The van der Waals surface area contributed by atoms with Crippen molar-refractivity contribution in [3.05, 3.63) is 59.7 Å². The Morgan fingerprint density at radius 1 is 1.11 bits per heavy atom. The molecular formula is C19H20F3N3O2. The van der Waals surface area contributed by atoms with Gasteiger partial charge in [0.2, 0.25) is 5.89 Å². The Morgan fingerprint density at radius 3 is 2.44 bits per heavy atom. The molecule has 0 N–H and O–H groups in total. The molecule has 1 atom stereocenters. The van der Waals surface area contributed by atoms with Gasteiger partial charge in [-0.2, -0.15) is 13.2 Å². The van der Waals surface area contributed by atoms with Gasteiger partial charge in [-0.05, 0) is 49.7 Å². The second kappa shape index (κ2) is 7.96. The Balaban J connectivity index is 1.63. The third kappa shape index (κ3) is 4.77. The molecule has 0 saturated heterocycles. The summed E-state index contributed by atoms with van der Waals surface area (Å²) in [4.78, 5) is 2.12. The molecule has 2 aromatic heterocycles. The molecule has 0 aliphatic heterocycles. The summed E-state index contributed by atoms with van der Waals surface area (Å²) in [5, 5.41) is 8.02. The zero-order chi connectivity index (χ0) is 19.4. The minimum absolute atomic E-state index is 0.0886. The molecule has 5 nitrogen and oxygen atoms in total. The van der Waals surface area contributed by atoms with Crippen LogP contribution in [0.5, 0.6) is 0 Å². The summed E-state index contributed by atoms with van der Waals surface area (Å²) in [7, 11) is 0. The normalized spacial score (nSPS) is 13.3. The van der Waals surface area contributed by atoms with Crippen LogP contribution < -0.4 is 0 Å². The van der Waals surface area contributed by atoms with Gasteiger partial charge in [-0.15, -0.1) is 10.2 Å². The first-order valence-corrected chi connectivity index (χ1v) is 8.63. The summed E-state index contributed by atoms with van der Waals surface area (Å²) < 4.78 is 48.9. The third-order valence-corrected chi connectivity index (χ3v) is 4.38. The van der Waals surface area contributed by atoms with Gasteiger partial charge in [-0.1, -0.05) is 19.1 Å². The molecule has 0 bridgehead atoms. The average molecular weight is 379 g/mol. The number of nitrogens with zero attached hydrogens (tertiary/aromatic N) is 3.